The summed E-state index contributed by atoms with van der Waals surface area (Å²) >= 11 is 0. The SMILES string of the molecule is CCOC(=O)C(NO)c1ncn2c1CCC2. The van der Waals surface area contributed by atoms with Crippen LogP contribution in [-0.2, 0) is 22.5 Å². The van der Waals surface area contributed by atoms with E-state index in [1.54, 1.807) is 13.3 Å². The van der Waals surface area contributed by atoms with Gasteiger partial charge in [0.1, 0.15) is 0 Å². The van der Waals surface area contributed by atoms with Crippen molar-refractivity contribution in [3.63, 3.8) is 0 Å². The lowest BCUT2D eigenvalue weighted by atomic mass is 10.1. The highest BCUT2D eigenvalue weighted by Crippen LogP contribution is 2.23. The van der Waals surface area contributed by atoms with Crippen LogP contribution < -0.4 is 5.48 Å². The number of carbonyl (C=O) groups is 1. The van der Waals surface area contributed by atoms with Crippen LogP contribution in [0.15, 0.2) is 6.33 Å². The summed E-state index contributed by atoms with van der Waals surface area (Å²) in [5.74, 6) is -0.501. The number of fused-ring (bicyclic) bond motifs is 1. The Morgan fingerprint density at radius 2 is 2.62 bits per heavy atom. The molecule has 1 aliphatic heterocycles. The summed E-state index contributed by atoms with van der Waals surface area (Å²) < 4.78 is 6.87. The van der Waals surface area contributed by atoms with Crippen LogP contribution >= 0.6 is 0 Å². The van der Waals surface area contributed by atoms with Crippen LogP contribution in [0, 0.1) is 0 Å². The summed E-state index contributed by atoms with van der Waals surface area (Å²) in [4.78, 5) is 15.7. The van der Waals surface area contributed by atoms with Crippen molar-refractivity contribution in [1.29, 1.82) is 0 Å². The number of aromatic nitrogens is 2. The molecule has 1 atom stereocenters. The summed E-state index contributed by atoms with van der Waals surface area (Å²) in [6, 6.07) is -0.880. The van der Waals surface area contributed by atoms with Crippen LogP contribution in [0.3, 0.4) is 0 Å². The maximum Gasteiger partial charge on any atom is 0.331 e. The molecule has 1 aliphatic rings. The molecule has 2 rings (SSSR count). The first kappa shape index (κ1) is 11.1. The van der Waals surface area contributed by atoms with E-state index < -0.39 is 12.0 Å². The van der Waals surface area contributed by atoms with E-state index >= 15 is 0 Å². The molecular formula is C10H15N3O3. The number of hydrogen-bond donors (Lipinski definition) is 2. The molecule has 1 unspecified atom stereocenters. The predicted molar refractivity (Wildman–Crippen MR) is 54.8 cm³/mol. The normalized spacial score (nSPS) is 15.9. The van der Waals surface area contributed by atoms with E-state index in [4.69, 9.17) is 9.94 Å². The van der Waals surface area contributed by atoms with E-state index in [1.165, 1.54) is 0 Å². The summed E-state index contributed by atoms with van der Waals surface area (Å²) in [7, 11) is 0. The Balaban J connectivity index is 2.23. The molecule has 0 saturated carbocycles. The van der Waals surface area contributed by atoms with E-state index in [-0.39, 0.29) is 6.61 Å². The van der Waals surface area contributed by atoms with Crippen molar-refractivity contribution >= 4 is 5.97 Å². The van der Waals surface area contributed by atoms with Gasteiger partial charge in [0.25, 0.3) is 0 Å². The van der Waals surface area contributed by atoms with Gasteiger partial charge in [-0.1, -0.05) is 0 Å². The van der Waals surface area contributed by atoms with E-state index in [0.717, 1.165) is 25.1 Å². The number of rotatable bonds is 4. The van der Waals surface area contributed by atoms with Crippen LogP contribution in [-0.4, -0.2) is 27.3 Å². The van der Waals surface area contributed by atoms with Crippen molar-refractivity contribution in [2.24, 2.45) is 0 Å². The maximum atomic E-state index is 11.6. The second-order valence-corrected chi connectivity index (χ2v) is 3.69. The summed E-state index contributed by atoms with van der Waals surface area (Å²) in [5, 5.41) is 9.03. The van der Waals surface area contributed by atoms with Gasteiger partial charge < -0.3 is 14.5 Å². The Morgan fingerprint density at radius 3 is 3.31 bits per heavy atom. The number of hydrogen-bond acceptors (Lipinski definition) is 5. The largest absolute Gasteiger partial charge is 0.464 e. The minimum absolute atomic E-state index is 0.285. The van der Waals surface area contributed by atoms with Crippen LogP contribution in [0.25, 0.3) is 0 Å². The number of hydroxylamine groups is 1. The molecule has 0 fully saturated rings. The third kappa shape index (κ3) is 1.81. The van der Waals surface area contributed by atoms with Crippen molar-refractivity contribution in [2.75, 3.05) is 6.61 Å². The Labute approximate surface area is 93.2 Å². The molecule has 1 aromatic heterocycles. The average Bonchev–Trinajstić information content (AvgIpc) is 2.83. The monoisotopic (exact) mass is 225 g/mol. The highest BCUT2D eigenvalue weighted by molar-refractivity contribution is 5.77. The minimum Gasteiger partial charge on any atom is -0.464 e. The average molecular weight is 225 g/mol. The zero-order valence-corrected chi connectivity index (χ0v) is 9.14. The maximum absolute atomic E-state index is 11.6. The van der Waals surface area contributed by atoms with Crippen molar-refractivity contribution in [3.05, 3.63) is 17.7 Å². The fourth-order valence-electron chi connectivity index (χ4n) is 2.00. The molecule has 0 aromatic carbocycles. The van der Waals surface area contributed by atoms with Gasteiger partial charge in [-0.15, -0.1) is 0 Å². The number of imidazole rings is 1. The first-order chi connectivity index (χ1) is 7.77. The molecule has 6 heteroatoms. The lowest BCUT2D eigenvalue weighted by molar-refractivity contribution is -0.149. The fraction of sp³-hybridized carbons (Fsp3) is 0.600. The third-order valence-electron chi connectivity index (χ3n) is 2.72. The van der Waals surface area contributed by atoms with Gasteiger partial charge >= 0.3 is 5.97 Å². The molecular weight excluding hydrogens is 210 g/mol. The Hall–Kier alpha value is -1.40. The van der Waals surface area contributed by atoms with Crippen LogP contribution in [0.2, 0.25) is 0 Å². The molecule has 0 spiro atoms. The summed E-state index contributed by atoms with van der Waals surface area (Å²) in [6.45, 7) is 2.93. The van der Waals surface area contributed by atoms with Crippen molar-refractivity contribution in [2.45, 2.75) is 32.4 Å². The van der Waals surface area contributed by atoms with Gasteiger partial charge in [0, 0.05) is 12.2 Å². The molecule has 6 nitrogen and oxygen atoms in total. The molecule has 16 heavy (non-hydrogen) atoms. The molecule has 0 saturated heterocycles. The lowest BCUT2D eigenvalue weighted by Crippen LogP contribution is -2.29. The zero-order chi connectivity index (χ0) is 11.5. The van der Waals surface area contributed by atoms with Gasteiger partial charge in [0.05, 0.1) is 18.6 Å². The van der Waals surface area contributed by atoms with Gasteiger partial charge in [-0.2, -0.15) is 5.48 Å². The van der Waals surface area contributed by atoms with Crippen molar-refractivity contribution < 1.29 is 14.7 Å². The van der Waals surface area contributed by atoms with Gasteiger partial charge in [-0.3, -0.25) is 0 Å². The molecule has 0 bridgehead atoms. The summed E-state index contributed by atoms with van der Waals surface area (Å²) in [6.07, 6.45) is 3.62. The van der Waals surface area contributed by atoms with Crippen LogP contribution in [0.5, 0.6) is 0 Å². The number of aryl methyl sites for hydroxylation is 1. The highest BCUT2D eigenvalue weighted by atomic mass is 16.5. The predicted octanol–water partition coefficient (Wildman–Crippen LogP) is 0.412. The minimum atomic E-state index is -0.880. The molecule has 1 aromatic rings. The van der Waals surface area contributed by atoms with Crippen LogP contribution in [0.4, 0.5) is 0 Å². The molecule has 0 amide bonds. The van der Waals surface area contributed by atoms with Crippen molar-refractivity contribution in [1.82, 2.24) is 15.0 Å². The molecule has 2 heterocycles. The number of nitrogens with zero attached hydrogens (tertiary/aromatic N) is 2. The van der Waals surface area contributed by atoms with E-state index in [0.29, 0.717) is 5.69 Å². The van der Waals surface area contributed by atoms with E-state index in [9.17, 15) is 4.79 Å². The molecule has 2 N–H and O–H groups in total. The Morgan fingerprint density at radius 1 is 1.81 bits per heavy atom. The topological polar surface area (TPSA) is 76.4 Å². The van der Waals surface area contributed by atoms with Crippen LogP contribution in [0.1, 0.15) is 30.8 Å². The Kier molecular flexibility index (Phi) is 3.21. The second kappa shape index (κ2) is 4.63. The number of ether oxygens (including phenoxy) is 1. The molecule has 88 valence electrons. The van der Waals surface area contributed by atoms with Gasteiger partial charge in [-0.05, 0) is 19.8 Å². The standard InChI is InChI=1S/C10H15N3O3/c1-2-16-10(14)9(12-15)8-7-4-3-5-13(7)6-11-8/h6,9,12,15H,2-5H2,1H3. The lowest BCUT2D eigenvalue weighted by Gasteiger charge is -2.12. The quantitative estimate of drug-likeness (QED) is 0.573. The first-order valence-electron chi connectivity index (χ1n) is 5.38. The van der Waals surface area contributed by atoms with Crippen molar-refractivity contribution in [3.8, 4) is 0 Å². The van der Waals surface area contributed by atoms with E-state index in [2.05, 4.69) is 4.98 Å². The zero-order valence-electron chi connectivity index (χ0n) is 9.14. The fourth-order valence-corrected chi connectivity index (χ4v) is 2.00. The molecule has 0 aliphatic carbocycles. The van der Waals surface area contributed by atoms with Gasteiger partial charge in [-0.25, -0.2) is 9.78 Å². The molecule has 0 radical (unpaired) electrons. The third-order valence-corrected chi connectivity index (χ3v) is 2.72. The van der Waals surface area contributed by atoms with Gasteiger partial charge in [0.2, 0.25) is 0 Å². The second-order valence-electron chi connectivity index (χ2n) is 3.69. The first-order valence-corrected chi connectivity index (χ1v) is 5.38. The number of nitrogens with one attached hydrogen (secondary N) is 1. The van der Waals surface area contributed by atoms with E-state index in [1.807, 2.05) is 10.0 Å². The summed E-state index contributed by atoms with van der Waals surface area (Å²) in [5.41, 5.74) is 3.54. The highest BCUT2D eigenvalue weighted by Gasteiger charge is 2.29. The van der Waals surface area contributed by atoms with Gasteiger partial charge in [0.15, 0.2) is 6.04 Å². The Bertz CT molecular complexity index is 389. The number of carbonyl (C=O) groups excluding carboxylic acids is 1. The smallest absolute Gasteiger partial charge is 0.331 e. The number of esters is 1.